The van der Waals surface area contributed by atoms with E-state index >= 15 is 0 Å². The van der Waals surface area contributed by atoms with Crippen molar-refractivity contribution in [2.45, 2.75) is 23.8 Å². The van der Waals surface area contributed by atoms with Gasteiger partial charge in [-0.15, -0.1) is 0 Å². The van der Waals surface area contributed by atoms with Crippen molar-refractivity contribution >= 4 is 21.4 Å². The fraction of sp³-hybridized carbons (Fsp3) is 0.368. The van der Waals surface area contributed by atoms with E-state index < -0.39 is 14.9 Å². The van der Waals surface area contributed by atoms with E-state index in [9.17, 15) is 18.5 Å². The van der Waals surface area contributed by atoms with Crippen LogP contribution in [0, 0.1) is 10.1 Å². The number of likely N-dealkylation sites (tertiary alicyclic amines) is 1. The van der Waals surface area contributed by atoms with E-state index in [4.69, 9.17) is 0 Å². The number of nitrogens with one attached hydrogen (secondary N) is 3. The van der Waals surface area contributed by atoms with Crippen LogP contribution in [0.25, 0.3) is 0 Å². The summed E-state index contributed by atoms with van der Waals surface area (Å²) in [6, 6.07) is 14.2. The first-order valence-corrected chi connectivity index (χ1v) is 10.8. The van der Waals surface area contributed by atoms with Gasteiger partial charge in [-0.25, -0.2) is 13.1 Å². The fourth-order valence-electron chi connectivity index (χ4n) is 3.67. The van der Waals surface area contributed by atoms with Gasteiger partial charge in [-0.2, -0.15) is 0 Å². The number of nitrogens with zero attached hydrogens (tertiary/aromatic N) is 1. The van der Waals surface area contributed by atoms with Crippen LogP contribution < -0.4 is 14.9 Å². The first-order valence-electron chi connectivity index (χ1n) is 9.28. The van der Waals surface area contributed by atoms with Crippen LogP contribution >= 0.6 is 0 Å². The minimum absolute atomic E-state index is 0.128. The maximum absolute atomic E-state index is 12.0. The van der Waals surface area contributed by atoms with Crippen molar-refractivity contribution in [2.24, 2.45) is 0 Å². The maximum Gasteiger partial charge on any atom is 0.293 e. The van der Waals surface area contributed by atoms with E-state index in [0.717, 1.165) is 19.2 Å². The second-order valence-electron chi connectivity index (χ2n) is 6.85. The first-order chi connectivity index (χ1) is 13.4. The van der Waals surface area contributed by atoms with E-state index in [1.165, 1.54) is 42.5 Å². The van der Waals surface area contributed by atoms with Crippen molar-refractivity contribution in [3.63, 3.8) is 0 Å². The van der Waals surface area contributed by atoms with Crippen molar-refractivity contribution in [3.8, 4) is 0 Å². The van der Waals surface area contributed by atoms with Crippen LogP contribution in [0.5, 0.6) is 0 Å². The zero-order chi connectivity index (χ0) is 20.1. The smallest absolute Gasteiger partial charge is 0.293 e. The fourth-order valence-corrected chi connectivity index (χ4v) is 4.42. The first kappa shape index (κ1) is 20.2. The number of hydrogen-bond donors (Lipinski definition) is 3. The van der Waals surface area contributed by atoms with Crippen LogP contribution in [0.15, 0.2) is 53.4 Å². The molecule has 1 aliphatic rings. The highest BCUT2D eigenvalue weighted by molar-refractivity contribution is 7.89. The van der Waals surface area contributed by atoms with Gasteiger partial charge in [0.05, 0.1) is 29.5 Å². The zero-order valence-electron chi connectivity index (χ0n) is 15.7. The Morgan fingerprint density at radius 3 is 2.43 bits per heavy atom. The third kappa shape index (κ3) is 4.49. The third-order valence-corrected chi connectivity index (χ3v) is 6.59. The number of nitro groups is 1. The minimum Gasteiger partial charge on any atom is -0.373 e. The van der Waals surface area contributed by atoms with Gasteiger partial charge in [0, 0.05) is 24.5 Å². The largest absolute Gasteiger partial charge is 0.373 e. The molecular weight excluding hydrogens is 380 g/mol. The van der Waals surface area contributed by atoms with E-state index in [1.54, 1.807) is 0 Å². The maximum atomic E-state index is 12.0. The van der Waals surface area contributed by atoms with Crippen LogP contribution in [0.4, 0.5) is 11.4 Å². The highest BCUT2D eigenvalue weighted by Gasteiger charge is 2.28. The topological polar surface area (TPSA) is 106 Å². The number of benzene rings is 2. The predicted octanol–water partition coefficient (Wildman–Crippen LogP) is 1.33. The van der Waals surface area contributed by atoms with Crippen LogP contribution in [-0.2, 0) is 10.0 Å². The number of hydrogen-bond acceptors (Lipinski definition) is 5. The summed E-state index contributed by atoms with van der Waals surface area (Å²) in [6.07, 6.45) is 2.35. The summed E-state index contributed by atoms with van der Waals surface area (Å²) in [5.74, 6) is 0. The molecule has 0 bridgehead atoms. The Morgan fingerprint density at radius 1 is 1.14 bits per heavy atom. The summed E-state index contributed by atoms with van der Waals surface area (Å²) in [4.78, 5) is 12.3. The molecular formula is C19H25N4O4S+. The van der Waals surface area contributed by atoms with Gasteiger partial charge in [-0.3, -0.25) is 10.1 Å². The molecule has 8 nitrogen and oxygen atoms in total. The standard InChI is InChI=1S/C19H24N4O4S/c1-20-28(26,27)16-9-10-17(18(13-16)23(24)25)21-14-19(22-11-5-6-12-22)15-7-3-2-4-8-15/h2-4,7-10,13,19-21H,5-6,11-12,14H2,1H3/p+1/t19-/m1/s1. The lowest BCUT2D eigenvalue weighted by atomic mass is 10.1. The molecule has 0 saturated carbocycles. The molecule has 0 radical (unpaired) electrons. The van der Waals surface area contributed by atoms with Crippen molar-refractivity contribution in [2.75, 3.05) is 32.0 Å². The quantitative estimate of drug-likeness (QED) is 0.454. The Labute approximate surface area is 164 Å². The molecule has 1 heterocycles. The van der Waals surface area contributed by atoms with Gasteiger partial charge in [-0.1, -0.05) is 30.3 Å². The zero-order valence-corrected chi connectivity index (χ0v) is 16.5. The number of quaternary nitrogens is 1. The minimum atomic E-state index is -3.74. The molecule has 2 aromatic carbocycles. The van der Waals surface area contributed by atoms with Gasteiger partial charge < -0.3 is 10.2 Å². The number of rotatable bonds is 8. The Morgan fingerprint density at radius 2 is 1.82 bits per heavy atom. The molecule has 28 heavy (non-hydrogen) atoms. The Bertz CT molecular complexity index is 928. The number of sulfonamides is 1. The number of nitro benzene ring substituents is 1. The van der Waals surface area contributed by atoms with Gasteiger partial charge in [-0.05, 0) is 19.2 Å². The molecule has 0 unspecified atom stereocenters. The Hall–Kier alpha value is -2.49. The number of anilines is 1. The van der Waals surface area contributed by atoms with Crippen LogP contribution in [-0.4, -0.2) is 40.0 Å². The summed E-state index contributed by atoms with van der Waals surface area (Å²) in [5.41, 5.74) is 1.25. The van der Waals surface area contributed by atoms with Gasteiger partial charge in [0.2, 0.25) is 10.0 Å². The summed E-state index contributed by atoms with van der Waals surface area (Å²) < 4.78 is 26.1. The third-order valence-electron chi connectivity index (χ3n) is 5.18. The summed E-state index contributed by atoms with van der Waals surface area (Å²) in [6.45, 7) is 2.67. The van der Waals surface area contributed by atoms with Gasteiger partial charge >= 0.3 is 0 Å². The van der Waals surface area contributed by atoms with Crippen LogP contribution in [0.1, 0.15) is 24.4 Å². The van der Waals surface area contributed by atoms with E-state index in [-0.39, 0.29) is 16.6 Å². The van der Waals surface area contributed by atoms with E-state index in [0.29, 0.717) is 12.2 Å². The summed E-state index contributed by atoms with van der Waals surface area (Å²) >= 11 is 0. The molecule has 1 atom stereocenters. The van der Waals surface area contributed by atoms with Crippen molar-refractivity contribution in [3.05, 3.63) is 64.2 Å². The Kier molecular flexibility index (Phi) is 6.28. The van der Waals surface area contributed by atoms with Gasteiger partial charge in [0.15, 0.2) is 0 Å². The lowest BCUT2D eigenvalue weighted by Gasteiger charge is -2.25. The monoisotopic (exact) mass is 405 g/mol. The lowest BCUT2D eigenvalue weighted by Crippen LogP contribution is -3.11. The Balaban J connectivity index is 1.86. The molecule has 1 saturated heterocycles. The van der Waals surface area contributed by atoms with Crippen molar-refractivity contribution < 1.29 is 18.2 Å². The molecule has 1 fully saturated rings. The second kappa shape index (κ2) is 8.68. The lowest BCUT2D eigenvalue weighted by molar-refractivity contribution is -0.917. The van der Waals surface area contributed by atoms with Crippen molar-refractivity contribution in [1.29, 1.82) is 0 Å². The van der Waals surface area contributed by atoms with Crippen LogP contribution in [0.2, 0.25) is 0 Å². The molecule has 0 spiro atoms. The molecule has 0 aliphatic carbocycles. The van der Waals surface area contributed by atoms with Gasteiger partial charge in [0.25, 0.3) is 5.69 Å². The molecule has 150 valence electrons. The summed E-state index contributed by atoms with van der Waals surface area (Å²) in [5, 5.41) is 14.7. The van der Waals surface area contributed by atoms with E-state index in [1.807, 2.05) is 18.2 Å². The van der Waals surface area contributed by atoms with Crippen LogP contribution in [0.3, 0.4) is 0 Å². The highest BCUT2D eigenvalue weighted by Crippen LogP contribution is 2.28. The predicted molar refractivity (Wildman–Crippen MR) is 107 cm³/mol. The second-order valence-corrected chi connectivity index (χ2v) is 8.74. The molecule has 2 aromatic rings. The molecule has 3 rings (SSSR count). The molecule has 0 aromatic heterocycles. The average Bonchev–Trinajstić information content (AvgIpc) is 3.23. The van der Waals surface area contributed by atoms with E-state index in [2.05, 4.69) is 22.2 Å². The molecule has 9 heteroatoms. The normalized spacial score (nSPS) is 16.0. The average molecular weight is 406 g/mol. The van der Waals surface area contributed by atoms with Crippen molar-refractivity contribution in [1.82, 2.24) is 4.72 Å². The highest BCUT2D eigenvalue weighted by atomic mass is 32.2. The SMILES string of the molecule is CNS(=O)(=O)c1ccc(NC[C@H](c2ccccc2)[NH+]2CCCC2)c([N+](=O)[O-])c1. The molecule has 1 aliphatic heterocycles. The molecule has 0 amide bonds. The van der Waals surface area contributed by atoms with Gasteiger partial charge in [0.1, 0.15) is 11.7 Å². The summed E-state index contributed by atoms with van der Waals surface area (Å²) in [7, 11) is -2.47. The molecule has 3 N–H and O–H groups in total.